The number of hydrogen-bond donors (Lipinski definition) is 4. The fourth-order valence-corrected chi connectivity index (χ4v) is 2.39. The van der Waals surface area contributed by atoms with Crippen LogP contribution < -0.4 is 16.3 Å². The van der Waals surface area contributed by atoms with Gasteiger partial charge in [0.25, 0.3) is 0 Å². The molecule has 0 spiro atoms. The average molecular weight is 380 g/mol. The Bertz CT molecular complexity index is 681. The largest absolute Gasteiger partial charge is 0.471 e. The van der Waals surface area contributed by atoms with E-state index in [0.29, 0.717) is 0 Å². The SMILES string of the molecule is O=C(NCCCNc1ccn([C@H]2C[C@H](O)[C@@H](CO)O2)c(=O)n1)C(F)(F)F. The maximum absolute atomic E-state index is 12.0. The lowest BCUT2D eigenvalue weighted by Crippen LogP contribution is -2.37. The smallest absolute Gasteiger partial charge is 0.394 e. The number of aliphatic hydroxyl groups is 2. The summed E-state index contributed by atoms with van der Waals surface area (Å²) in [4.78, 5) is 26.4. The van der Waals surface area contributed by atoms with Gasteiger partial charge >= 0.3 is 17.8 Å². The highest BCUT2D eigenvalue weighted by molar-refractivity contribution is 5.81. The molecule has 0 bridgehead atoms. The third-order valence-corrected chi connectivity index (χ3v) is 3.73. The minimum atomic E-state index is -4.91. The number of aliphatic hydroxyl groups excluding tert-OH is 2. The van der Waals surface area contributed by atoms with Crippen molar-refractivity contribution >= 4 is 11.7 Å². The third-order valence-electron chi connectivity index (χ3n) is 3.73. The summed E-state index contributed by atoms with van der Waals surface area (Å²) in [6, 6.07) is 1.47. The summed E-state index contributed by atoms with van der Waals surface area (Å²) < 4.78 is 42.5. The number of carbonyl (C=O) groups excluding carboxylic acids is 1. The fourth-order valence-electron chi connectivity index (χ4n) is 2.39. The molecule has 1 aliphatic rings. The molecular formula is C14H19F3N4O5. The molecule has 2 heterocycles. The Morgan fingerprint density at radius 1 is 1.42 bits per heavy atom. The quantitative estimate of drug-likeness (QED) is 0.464. The highest BCUT2D eigenvalue weighted by Crippen LogP contribution is 2.27. The molecular weight excluding hydrogens is 361 g/mol. The molecule has 0 aliphatic carbocycles. The lowest BCUT2D eigenvalue weighted by atomic mass is 10.2. The fraction of sp³-hybridized carbons (Fsp3) is 0.643. The van der Waals surface area contributed by atoms with Crippen LogP contribution in [0.15, 0.2) is 17.1 Å². The van der Waals surface area contributed by atoms with Crippen molar-refractivity contribution in [2.45, 2.75) is 37.5 Å². The van der Waals surface area contributed by atoms with Gasteiger partial charge in [0.2, 0.25) is 0 Å². The van der Waals surface area contributed by atoms with Crippen molar-refractivity contribution < 1.29 is 32.9 Å². The van der Waals surface area contributed by atoms with Crippen molar-refractivity contribution in [3.8, 4) is 0 Å². The zero-order valence-corrected chi connectivity index (χ0v) is 13.6. The molecule has 1 aromatic heterocycles. The zero-order chi connectivity index (χ0) is 19.3. The van der Waals surface area contributed by atoms with Crippen LogP contribution in [0.3, 0.4) is 0 Å². The van der Waals surface area contributed by atoms with Gasteiger partial charge in [-0.3, -0.25) is 9.36 Å². The molecule has 26 heavy (non-hydrogen) atoms. The Hall–Kier alpha value is -2.18. The lowest BCUT2D eigenvalue weighted by Gasteiger charge is -2.15. The average Bonchev–Trinajstić information content (AvgIpc) is 2.94. The number of aromatic nitrogens is 2. The first-order valence-electron chi connectivity index (χ1n) is 7.85. The molecule has 1 aliphatic heterocycles. The minimum Gasteiger partial charge on any atom is -0.394 e. The number of carbonyl (C=O) groups is 1. The van der Waals surface area contributed by atoms with Crippen LogP contribution in [0.25, 0.3) is 0 Å². The van der Waals surface area contributed by atoms with Crippen LogP contribution in [-0.4, -0.2) is 63.8 Å². The molecule has 12 heteroatoms. The van der Waals surface area contributed by atoms with E-state index in [1.165, 1.54) is 16.8 Å². The van der Waals surface area contributed by atoms with Crippen LogP contribution in [0.1, 0.15) is 19.1 Å². The highest BCUT2D eigenvalue weighted by atomic mass is 19.4. The van der Waals surface area contributed by atoms with Gasteiger partial charge < -0.3 is 25.6 Å². The van der Waals surface area contributed by atoms with Crippen molar-refractivity contribution in [1.29, 1.82) is 0 Å². The number of ether oxygens (including phenoxy) is 1. The van der Waals surface area contributed by atoms with Crippen LogP contribution in [0.4, 0.5) is 19.0 Å². The van der Waals surface area contributed by atoms with Crippen LogP contribution >= 0.6 is 0 Å². The molecule has 0 radical (unpaired) electrons. The van der Waals surface area contributed by atoms with Gasteiger partial charge in [-0.25, -0.2) is 4.79 Å². The number of hydrogen-bond acceptors (Lipinski definition) is 7. The molecule has 0 saturated carbocycles. The van der Waals surface area contributed by atoms with Crippen molar-refractivity contribution in [2.75, 3.05) is 25.0 Å². The predicted octanol–water partition coefficient (Wildman–Crippen LogP) is -0.636. The second-order valence-corrected chi connectivity index (χ2v) is 5.65. The number of rotatable bonds is 7. The van der Waals surface area contributed by atoms with Crippen LogP contribution in [0.5, 0.6) is 0 Å². The maximum Gasteiger partial charge on any atom is 0.471 e. The Morgan fingerprint density at radius 3 is 2.73 bits per heavy atom. The second-order valence-electron chi connectivity index (χ2n) is 5.65. The first-order chi connectivity index (χ1) is 12.2. The van der Waals surface area contributed by atoms with Gasteiger partial charge in [-0.1, -0.05) is 0 Å². The molecule has 3 atom stereocenters. The van der Waals surface area contributed by atoms with Gasteiger partial charge in [0, 0.05) is 25.7 Å². The minimum absolute atomic E-state index is 0.137. The topological polar surface area (TPSA) is 126 Å². The number of amides is 1. The maximum atomic E-state index is 12.0. The van der Waals surface area contributed by atoms with Gasteiger partial charge in [0.05, 0.1) is 12.7 Å². The normalized spacial score (nSPS) is 23.0. The molecule has 2 rings (SSSR count). The monoisotopic (exact) mass is 380 g/mol. The number of alkyl halides is 3. The Kier molecular flexibility index (Phi) is 6.56. The zero-order valence-electron chi connectivity index (χ0n) is 13.6. The molecule has 4 N–H and O–H groups in total. The van der Waals surface area contributed by atoms with E-state index in [9.17, 15) is 27.9 Å². The summed E-state index contributed by atoms with van der Waals surface area (Å²) in [6.45, 7) is -0.358. The van der Waals surface area contributed by atoms with Gasteiger partial charge in [-0.05, 0) is 12.5 Å². The summed E-state index contributed by atoms with van der Waals surface area (Å²) >= 11 is 0. The van der Waals surface area contributed by atoms with E-state index in [4.69, 9.17) is 9.84 Å². The summed E-state index contributed by atoms with van der Waals surface area (Å²) in [6.07, 6.45) is -5.57. The summed E-state index contributed by atoms with van der Waals surface area (Å²) in [7, 11) is 0. The van der Waals surface area contributed by atoms with E-state index in [1.54, 1.807) is 5.32 Å². The third kappa shape index (κ3) is 5.16. The molecule has 1 amide bonds. The predicted molar refractivity (Wildman–Crippen MR) is 82.3 cm³/mol. The number of halogens is 3. The number of anilines is 1. The van der Waals surface area contributed by atoms with Gasteiger partial charge in [-0.2, -0.15) is 18.2 Å². The van der Waals surface area contributed by atoms with Gasteiger partial charge in [0.1, 0.15) is 18.1 Å². The number of nitrogens with zero attached hydrogens (tertiary/aromatic N) is 2. The molecule has 9 nitrogen and oxygen atoms in total. The van der Waals surface area contributed by atoms with Crippen molar-refractivity contribution in [2.24, 2.45) is 0 Å². The summed E-state index contributed by atoms with van der Waals surface area (Å²) in [5.74, 6) is -1.79. The van der Waals surface area contributed by atoms with E-state index in [-0.39, 0.29) is 38.4 Å². The molecule has 0 aromatic carbocycles. The van der Waals surface area contributed by atoms with E-state index in [0.717, 1.165) is 0 Å². The van der Waals surface area contributed by atoms with E-state index in [1.807, 2.05) is 0 Å². The standard InChI is InChI=1S/C14H19F3N4O5/c15-14(16,17)12(24)19-4-1-3-18-10-2-5-21(13(25)20-10)11-6-8(23)9(7-22)26-11/h2,5,8-9,11,22-23H,1,3-4,6-7H2,(H,19,24)(H,18,20,25)/t8-,9+,11+/m0/s1. The number of nitrogens with one attached hydrogen (secondary N) is 2. The van der Waals surface area contributed by atoms with Gasteiger partial charge in [-0.15, -0.1) is 0 Å². The molecule has 0 unspecified atom stereocenters. The summed E-state index contributed by atoms with van der Waals surface area (Å²) in [5.41, 5.74) is -0.642. The van der Waals surface area contributed by atoms with E-state index in [2.05, 4.69) is 10.3 Å². The van der Waals surface area contributed by atoms with Crippen molar-refractivity contribution in [1.82, 2.24) is 14.9 Å². The van der Waals surface area contributed by atoms with Crippen LogP contribution in [-0.2, 0) is 9.53 Å². The lowest BCUT2D eigenvalue weighted by molar-refractivity contribution is -0.173. The van der Waals surface area contributed by atoms with Crippen LogP contribution in [0.2, 0.25) is 0 Å². The molecule has 1 fully saturated rings. The Labute approximate surface area is 145 Å². The molecule has 1 aromatic rings. The van der Waals surface area contributed by atoms with Gasteiger partial charge in [0.15, 0.2) is 0 Å². The van der Waals surface area contributed by atoms with E-state index < -0.39 is 36.2 Å². The van der Waals surface area contributed by atoms with Crippen LogP contribution in [0, 0.1) is 0 Å². The van der Waals surface area contributed by atoms with Crippen molar-refractivity contribution in [3.05, 3.63) is 22.7 Å². The first kappa shape index (κ1) is 20.1. The summed E-state index contributed by atoms with van der Waals surface area (Å²) in [5, 5.41) is 23.2. The van der Waals surface area contributed by atoms with Crippen molar-refractivity contribution in [3.63, 3.8) is 0 Å². The highest BCUT2D eigenvalue weighted by Gasteiger charge is 2.38. The Morgan fingerprint density at radius 2 is 2.15 bits per heavy atom. The molecule has 146 valence electrons. The molecule has 1 saturated heterocycles. The first-order valence-corrected chi connectivity index (χ1v) is 7.85. The Balaban J connectivity index is 1.81. The second kappa shape index (κ2) is 8.47. The van der Waals surface area contributed by atoms with E-state index >= 15 is 0 Å².